The first-order valence-corrected chi connectivity index (χ1v) is 18.0. The molecule has 0 N–H and O–H groups in total. The molecule has 3 heterocycles. The summed E-state index contributed by atoms with van der Waals surface area (Å²) in [5.41, 5.74) is 10.0. The molecule has 5 heteroatoms. The third-order valence-corrected chi connectivity index (χ3v) is 10.3. The molecule has 0 saturated heterocycles. The van der Waals surface area contributed by atoms with Gasteiger partial charge < -0.3 is 8.83 Å². The van der Waals surface area contributed by atoms with Crippen molar-refractivity contribution in [1.82, 2.24) is 15.0 Å². The van der Waals surface area contributed by atoms with Gasteiger partial charge in [0.25, 0.3) is 0 Å². The van der Waals surface area contributed by atoms with Crippen LogP contribution in [0.3, 0.4) is 0 Å². The van der Waals surface area contributed by atoms with Crippen molar-refractivity contribution in [3.05, 3.63) is 176 Å². The lowest BCUT2D eigenvalue weighted by atomic mass is 9.96. The number of aromatic nitrogens is 3. The van der Waals surface area contributed by atoms with E-state index >= 15 is 0 Å². The molecule has 3 aromatic heterocycles. The summed E-state index contributed by atoms with van der Waals surface area (Å²) in [4.78, 5) is 15.7. The van der Waals surface area contributed by atoms with Crippen LogP contribution < -0.4 is 0 Å². The molecule has 0 unspecified atom stereocenters. The summed E-state index contributed by atoms with van der Waals surface area (Å²) >= 11 is 0. The van der Waals surface area contributed by atoms with Gasteiger partial charge in [-0.3, -0.25) is 0 Å². The minimum Gasteiger partial charge on any atom is -0.456 e. The highest BCUT2D eigenvalue weighted by molar-refractivity contribution is 6.13. The molecule has 252 valence electrons. The molecule has 0 amide bonds. The third kappa shape index (κ3) is 4.98. The highest BCUT2D eigenvalue weighted by Crippen LogP contribution is 2.41. The number of benzene rings is 8. The Balaban J connectivity index is 1.18. The molecule has 11 rings (SSSR count). The highest BCUT2D eigenvalue weighted by Gasteiger charge is 2.22. The van der Waals surface area contributed by atoms with E-state index in [0.717, 1.165) is 82.8 Å². The van der Waals surface area contributed by atoms with E-state index in [1.807, 2.05) is 54.6 Å². The Morgan fingerprint density at radius 2 is 0.926 bits per heavy atom. The normalized spacial score (nSPS) is 11.7. The van der Waals surface area contributed by atoms with E-state index in [4.69, 9.17) is 23.8 Å². The van der Waals surface area contributed by atoms with E-state index in [1.54, 1.807) is 0 Å². The zero-order valence-electron chi connectivity index (χ0n) is 28.9. The van der Waals surface area contributed by atoms with Crippen molar-refractivity contribution >= 4 is 54.6 Å². The molecule has 0 aliphatic heterocycles. The van der Waals surface area contributed by atoms with Gasteiger partial charge in [-0.1, -0.05) is 140 Å². The van der Waals surface area contributed by atoms with Crippen molar-refractivity contribution in [2.75, 3.05) is 0 Å². The largest absolute Gasteiger partial charge is 0.456 e. The van der Waals surface area contributed by atoms with Crippen LogP contribution in [0.15, 0.2) is 185 Å². The monoisotopic (exact) mass is 691 g/mol. The molecule has 0 radical (unpaired) electrons. The molecule has 0 fully saturated rings. The first-order valence-electron chi connectivity index (χ1n) is 18.0. The van der Waals surface area contributed by atoms with Crippen molar-refractivity contribution in [3.63, 3.8) is 0 Å². The van der Waals surface area contributed by atoms with Gasteiger partial charge in [-0.25, -0.2) is 15.0 Å². The van der Waals surface area contributed by atoms with Gasteiger partial charge in [0.15, 0.2) is 17.5 Å². The maximum atomic E-state index is 6.55. The molecular formula is C49H29N3O2. The fourth-order valence-corrected chi connectivity index (χ4v) is 7.68. The number of fused-ring (bicyclic) bond motifs is 7. The minimum absolute atomic E-state index is 0.531. The van der Waals surface area contributed by atoms with Gasteiger partial charge in [-0.05, 0) is 69.4 Å². The summed E-state index contributed by atoms with van der Waals surface area (Å²) in [6.45, 7) is 0. The van der Waals surface area contributed by atoms with Crippen LogP contribution in [0.5, 0.6) is 0 Å². The average Bonchev–Trinajstić information content (AvgIpc) is 3.82. The summed E-state index contributed by atoms with van der Waals surface area (Å²) in [5, 5.41) is 6.39. The third-order valence-electron chi connectivity index (χ3n) is 10.3. The van der Waals surface area contributed by atoms with Crippen LogP contribution in [0.25, 0.3) is 111 Å². The van der Waals surface area contributed by atoms with Gasteiger partial charge in [0.05, 0.1) is 5.56 Å². The second-order valence-corrected chi connectivity index (χ2v) is 13.6. The second kappa shape index (κ2) is 12.1. The quantitative estimate of drug-likeness (QED) is 0.180. The van der Waals surface area contributed by atoms with Gasteiger partial charge in [0.1, 0.15) is 22.3 Å². The number of para-hydroxylation sites is 3. The lowest BCUT2D eigenvalue weighted by Crippen LogP contribution is -2.01. The van der Waals surface area contributed by atoms with Crippen molar-refractivity contribution < 1.29 is 8.83 Å². The predicted octanol–water partition coefficient (Wildman–Crippen LogP) is 13.2. The van der Waals surface area contributed by atoms with Crippen LogP contribution in [0.1, 0.15) is 0 Å². The van der Waals surface area contributed by atoms with E-state index in [9.17, 15) is 0 Å². The fourth-order valence-electron chi connectivity index (χ4n) is 7.68. The maximum absolute atomic E-state index is 6.55. The Hall–Kier alpha value is -7.37. The van der Waals surface area contributed by atoms with Crippen LogP contribution in [0, 0.1) is 0 Å². The first-order chi connectivity index (χ1) is 26.7. The zero-order chi connectivity index (χ0) is 35.6. The van der Waals surface area contributed by atoms with Gasteiger partial charge in [-0.2, -0.15) is 0 Å². The van der Waals surface area contributed by atoms with E-state index < -0.39 is 0 Å². The molecule has 0 aliphatic rings. The molecule has 0 atom stereocenters. The summed E-state index contributed by atoms with van der Waals surface area (Å²) < 4.78 is 13.1. The van der Waals surface area contributed by atoms with Crippen LogP contribution >= 0.6 is 0 Å². The van der Waals surface area contributed by atoms with Crippen molar-refractivity contribution in [3.8, 4) is 56.4 Å². The lowest BCUT2D eigenvalue weighted by molar-refractivity contribution is 0.668. The SMILES string of the molecule is c1ccc(-c2ccc(-c3nc(-c4cccc5c4oc4ccccc45)nc(-c4cc(-c5ccc6ccccc6c5)cc5oc6ccccc6c45)n3)cc2)cc1. The second-order valence-electron chi connectivity index (χ2n) is 13.6. The first kappa shape index (κ1) is 30.3. The van der Waals surface area contributed by atoms with Crippen LogP contribution in [-0.4, -0.2) is 15.0 Å². The number of nitrogens with zero attached hydrogens (tertiary/aromatic N) is 3. The van der Waals surface area contributed by atoms with E-state index in [1.165, 1.54) is 10.8 Å². The molecule has 11 aromatic rings. The minimum atomic E-state index is 0.531. The topological polar surface area (TPSA) is 65.0 Å². The Morgan fingerprint density at radius 1 is 0.315 bits per heavy atom. The molecule has 5 nitrogen and oxygen atoms in total. The summed E-state index contributed by atoms with van der Waals surface area (Å²) in [5.74, 6) is 1.65. The fraction of sp³-hybridized carbons (Fsp3) is 0. The van der Waals surface area contributed by atoms with E-state index in [0.29, 0.717) is 17.5 Å². The van der Waals surface area contributed by atoms with Crippen LogP contribution in [0.2, 0.25) is 0 Å². The van der Waals surface area contributed by atoms with Gasteiger partial charge in [-0.15, -0.1) is 0 Å². The molecule has 0 spiro atoms. The lowest BCUT2D eigenvalue weighted by Gasteiger charge is -2.12. The summed E-state index contributed by atoms with van der Waals surface area (Å²) in [7, 11) is 0. The van der Waals surface area contributed by atoms with Crippen molar-refractivity contribution in [2.45, 2.75) is 0 Å². The average molecular weight is 692 g/mol. The molecule has 8 aromatic carbocycles. The van der Waals surface area contributed by atoms with Gasteiger partial charge >= 0.3 is 0 Å². The standard InChI is InChI=1S/C49H29N3O2/c1-2-11-30(12-3-1)32-21-24-33(25-22-32)47-50-48(40-18-10-17-38-37-15-6-8-19-42(37)54-46(38)40)52-49(51-47)41-28-36(35-26-23-31-13-4-5-14-34(31)27-35)29-44-45(41)39-16-7-9-20-43(39)53-44/h1-29H. The molecule has 54 heavy (non-hydrogen) atoms. The maximum Gasteiger partial charge on any atom is 0.167 e. The van der Waals surface area contributed by atoms with E-state index in [2.05, 4.69) is 121 Å². The Bertz CT molecular complexity index is 3210. The molecule has 0 bridgehead atoms. The van der Waals surface area contributed by atoms with Crippen LogP contribution in [0.4, 0.5) is 0 Å². The number of hydrogen-bond acceptors (Lipinski definition) is 5. The van der Waals surface area contributed by atoms with Crippen molar-refractivity contribution in [2.24, 2.45) is 0 Å². The molecular weight excluding hydrogens is 663 g/mol. The Morgan fingerprint density at radius 3 is 1.76 bits per heavy atom. The summed E-state index contributed by atoms with van der Waals surface area (Å²) in [6.07, 6.45) is 0. The van der Waals surface area contributed by atoms with Gasteiger partial charge in [0, 0.05) is 32.7 Å². The molecule has 0 saturated carbocycles. The Kier molecular flexibility index (Phi) is 6.79. The number of rotatable bonds is 5. The smallest absolute Gasteiger partial charge is 0.167 e. The Labute approximate surface area is 309 Å². The van der Waals surface area contributed by atoms with Crippen molar-refractivity contribution in [1.29, 1.82) is 0 Å². The van der Waals surface area contributed by atoms with Gasteiger partial charge in [0.2, 0.25) is 0 Å². The number of hydrogen-bond donors (Lipinski definition) is 0. The highest BCUT2D eigenvalue weighted by atomic mass is 16.3. The number of furan rings is 2. The molecule has 0 aliphatic carbocycles. The van der Waals surface area contributed by atoms with E-state index in [-0.39, 0.29) is 0 Å². The van der Waals surface area contributed by atoms with Crippen LogP contribution in [-0.2, 0) is 0 Å². The predicted molar refractivity (Wildman–Crippen MR) is 219 cm³/mol. The zero-order valence-corrected chi connectivity index (χ0v) is 28.9. The summed E-state index contributed by atoms with van der Waals surface area (Å²) in [6, 6.07) is 60.5.